The van der Waals surface area contributed by atoms with Gasteiger partial charge in [0.15, 0.2) is 0 Å². The molecule has 2 heterocycles. The summed E-state index contributed by atoms with van der Waals surface area (Å²) in [5.74, 6) is 0.0826. The van der Waals surface area contributed by atoms with Crippen LogP contribution < -0.4 is 4.74 Å². The number of thioether (sulfide) groups is 1. The minimum absolute atomic E-state index is 0.0488. The van der Waals surface area contributed by atoms with Crippen LogP contribution in [0.4, 0.5) is 4.79 Å². The molecule has 1 aromatic rings. The molecule has 1 atom stereocenters. The van der Waals surface area contributed by atoms with Gasteiger partial charge in [-0.1, -0.05) is 25.1 Å². The Labute approximate surface area is 163 Å². The van der Waals surface area contributed by atoms with Gasteiger partial charge < -0.3 is 9.64 Å². The number of hydrogen-bond donors (Lipinski definition) is 0. The summed E-state index contributed by atoms with van der Waals surface area (Å²) in [5, 5.41) is -0.404. The normalized spacial score (nSPS) is 19.9. The molecule has 0 aliphatic carbocycles. The molecule has 0 unspecified atom stereocenters. The van der Waals surface area contributed by atoms with E-state index in [0.717, 1.165) is 41.5 Å². The highest BCUT2D eigenvalue weighted by Gasteiger charge is 2.37. The van der Waals surface area contributed by atoms with Gasteiger partial charge in [0.25, 0.3) is 11.1 Å². The maximum absolute atomic E-state index is 12.7. The van der Waals surface area contributed by atoms with E-state index in [1.165, 1.54) is 0 Å². The van der Waals surface area contributed by atoms with Gasteiger partial charge in [0.05, 0.1) is 11.0 Å². The number of likely N-dealkylation sites (tertiary alicyclic amines) is 1. The van der Waals surface area contributed by atoms with E-state index in [2.05, 4.69) is 0 Å². The standard InChI is InChI=1S/C20H24N2O4S/c1-3-14(2)26-16-9-5-4-8-15(16)12-17-19(24)22(20(25)27-17)13-18(23)21-10-6-7-11-21/h4-5,8-9,12,14H,3,6-7,10-11,13H2,1-2H3/b17-12+/t14-/m0/s1. The highest BCUT2D eigenvalue weighted by Crippen LogP contribution is 2.34. The van der Waals surface area contributed by atoms with Gasteiger partial charge in [-0.3, -0.25) is 19.3 Å². The minimum Gasteiger partial charge on any atom is -0.490 e. The van der Waals surface area contributed by atoms with Crippen molar-refractivity contribution in [3.63, 3.8) is 0 Å². The summed E-state index contributed by atoms with van der Waals surface area (Å²) in [6, 6.07) is 7.42. The van der Waals surface area contributed by atoms with Crippen LogP contribution in [0.1, 0.15) is 38.7 Å². The topological polar surface area (TPSA) is 66.9 Å². The third-order valence-corrected chi connectivity index (χ3v) is 5.64. The first-order chi connectivity index (χ1) is 13.0. The lowest BCUT2D eigenvalue weighted by Crippen LogP contribution is -2.40. The van der Waals surface area contributed by atoms with Crippen LogP contribution in [-0.2, 0) is 9.59 Å². The van der Waals surface area contributed by atoms with Crippen molar-refractivity contribution in [1.82, 2.24) is 9.80 Å². The lowest BCUT2D eigenvalue weighted by atomic mass is 10.1. The van der Waals surface area contributed by atoms with E-state index in [1.807, 2.05) is 38.1 Å². The zero-order valence-electron chi connectivity index (χ0n) is 15.6. The second-order valence-corrected chi connectivity index (χ2v) is 7.72. The van der Waals surface area contributed by atoms with E-state index in [-0.39, 0.29) is 18.6 Å². The predicted octanol–water partition coefficient (Wildman–Crippen LogP) is 3.52. The number of amides is 3. The number of imide groups is 1. The van der Waals surface area contributed by atoms with Crippen molar-refractivity contribution in [1.29, 1.82) is 0 Å². The van der Waals surface area contributed by atoms with Gasteiger partial charge in [-0.25, -0.2) is 0 Å². The predicted molar refractivity (Wildman–Crippen MR) is 105 cm³/mol. The van der Waals surface area contributed by atoms with Gasteiger partial charge in [0.2, 0.25) is 5.91 Å². The first-order valence-electron chi connectivity index (χ1n) is 9.28. The summed E-state index contributed by atoms with van der Waals surface area (Å²) in [4.78, 5) is 40.3. The Hall–Kier alpha value is -2.28. The maximum Gasteiger partial charge on any atom is 0.294 e. The van der Waals surface area contributed by atoms with Crippen molar-refractivity contribution in [3.05, 3.63) is 34.7 Å². The second kappa shape index (κ2) is 8.61. The summed E-state index contributed by atoms with van der Waals surface area (Å²) in [6.07, 6.45) is 4.53. The monoisotopic (exact) mass is 388 g/mol. The Morgan fingerprint density at radius 1 is 1.26 bits per heavy atom. The van der Waals surface area contributed by atoms with E-state index in [9.17, 15) is 14.4 Å². The summed E-state index contributed by atoms with van der Waals surface area (Å²) in [6.45, 7) is 5.23. The van der Waals surface area contributed by atoms with E-state index in [4.69, 9.17) is 4.74 Å². The molecule has 0 saturated carbocycles. The molecule has 144 valence electrons. The molecular weight excluding hydrogens is 364 g/mol. The molecule has 3 rings (SSSR count). The number of carbonyl (C=O) groups excluding carboxylic acids is 3. The van der Waals surface area contributed by atoms with Crippen LogP contribution in [0.15, 0.2) is 29.2 Å². The first-order valence-corrected chi connectivity index (χ1v) is 10.1. The zero-order chi connectivity index (χ0) is 19.4. The molecule has 0 bridgehead atoms. The van der Waals surface area contributed by atoms with Crippen LogP contribution in [0, 0.1) is 0 Å². The van der Waals surface area contributed by atoms with Crippen LogP contribution in [-0.4, -0.2) is 52.6 Å². The number of carbonyl (C=O) groups is 3. The Bertz CT molecular complexity index is 771. The van der Waals surface area contributed by atoms with Crippen molar-refractivity contribution in [3.8, 4) is 5.75 Å². The molecule has 6 nitrogen and oxygen atoms in total. The molecule has 3 amide bonds. The molecule has 0 N–H and O–H groups in total. The van der Waals surface area contributed by atoms with E-state index >= 15 is 0 Å². The SMILES string of the molecule is CC[C@H](C)Oc1ccccc1/C=C1/SC(=O)N(CC(=O)N2CCCC2)C1=O. The van der Waals surface area contributed by atoms with E-state index < -0.39 is 11.1 Å². The third-order valence-electron chi connectivity index (χ3n) is 4.73. The van der Waals surface area contributed by atoms with Crippen LogP contribution >= 0.6 is 11.8 Å². The molecule has 1 aromatic carbocycles. The second-order valence-electron chi connectivity index (χ2n) is 6.73. The van der Waals surface area contributed by atoms with Crippen LogP contribution in [0.5, 0.6) is 5.75 Å². The first kappa shape index (κ1) is 19.5. The quantitative estimate of drug-likeness (QED) is 0.698. The Balaban J connectivity index is 1.75. The number of benzene rings is 1. The largest absolute Gasteiger partial charge is 0.490 e. The van der Waals surface area contributed by atoms with Crippen molar-refractivity contribution in [2.45, 2.75) is 39.2 Å². The fourth-order valence-electron chi connectivity index (χ4n) is 2.99. The molecule has 2 aliphatic rings. The molecule has 7 heteroatoms. The van der Waals surface area contributed by atoms with Crippen LogP contribution in [0.3, 0.4) is 0 Å². The minimum atomic E-state index is -0.420. The number of hydrogen-bond acceptors (Lipinski definition) is 5. The van der Waals surface area contributed by atoms with E-state index in [0.29, 0.717) is 23.7 Å². The Morgan fingerprint density at radius 2 is 1.96 bits per heavy atom. The summed E-state index contributed by atoms with van der Waals surface area (Å²) < 4.78 is 5.90. The average molecular weight is 388 g/mol. The number of ether oxygens (including phenoxy) is 1. The molecule has 27 heavy (non-hydrogen) atoms. The smallest absolute Gasteiger partial charge is 0.294 e. The number of rotatable bonds is 6. The van der Waals surface area contributed by atoms with Gasteiger partial charge in [0, 0.05) is 18.7 Å². The zero-order valence-corrected chi connectivity index (χ0v) is 16.5. The average Bonchev–Trinajstić information content (AvgIpc) is 3.28. The molecule has 0 radical (unpaired) electrons. The molecule has 2 aliphatic heterocycles. The molecule has 2 saturated heterocycles. The van der Waals surface area contributed by atoms with Crippen LogP contribution in [0.2, 0.25) is 0 Å². The van der Waals surface area contributed by atoms with Gasteiger partial charge in [-0.15, -0.1) is 0 Å². The van der Waals surface area contributed by atoms with Crippen LogP contribution in [0.25, 0.3) is 6.08 Å². The fraction of sp³-hybridized carbons (Fsp3) is 0.450. The van der Waals surface area contributed by atoms with Gasteiger partial charge in [-0.05, 0) is 50.1 Å². The van der Waals surface area contributed by atoms with Crippen molar-refractivity contribution >= 4 is 34.9 Å². The van der Waals surface area contributed by atoms with Crippen molar-refractivity contribution < 1.29 is 19.1 Å². The summed E-state index contributed by atoms with van der Waals surface area (Å²) in [5.41, 5.74) is 0.745. The summed E-state index contributed by atoms with van der Waals surface area (Å²) >= 11 is 0.867. The number of nitrogens with zero attached hydrogens (tertiary/aromatic N) is 2. The molecule has 0 spiro atoms. The Kier molecular flexibility index (Phi) is 6.21. The summed E-state index contributed by atoms with van der Waals surface area (Å²) in [7, 11) is 0. The molecule has 2 fully saturated rings. The third kappa shape index (κ3) is 4.53. The van der Waals surface area contributed by atoms with E-state index in [1.54, 1.807) is 11.0 Å². The highest BCUT2D eigenvalue weighted by molar-refractivity contribution is 8.18. The highest BCUT2D eigenvalue weighted by atomic mass is 32.2. The number of para-hydroxylation sites is 1. The lowest BCUT2D eigenvalue weighted by Gasteiger charge is -2.18. The molecule has 0 aromatic heterocycles. The van der Waals surface area contributed by atoms with Crippen molar-refractivity contribution in [2.24, 2.45) is 0 Å². The van der Waals surface area contributed by atoms with Crippen molar-refractivity contribution in [2.75, 3.05) is 19.6 Å². The van der Waals surface area contributed by atoms with Gasteiger partial charge >= 0.3 is 0 Å². The lowest BCUT2D eigenvalue weighted by molar-refractivity contribution is -0.135. The Morgan fingerprint density at radius 3 is 2.67 bits per heavy atom. The molecular formula is C20H24N2O4S. The fourth-order valence-corrected chi connectivity index (χ4v) is 3.82. The maximum atomic E-state index is 12.7. The van der Waals surface area contributed by atoms with Gasteiger partial charge in [-0.2, -0.15) is 0 Å². The van der Waals surface area contributed by atoms with Gasteiger partial charge in [0.1, 0.15) is 12.3 Å².